The standard InChI is InChI=1S/C11H13BrO/c1-4-10(13)9-6-5-7(2)11(12)8(9)3/h4-6,10,13H,1H2,2-3H3. The molecule has 0 aliphatic carbocycles. The predicted molar refractivity (Wildman–Crippen MR) is 58.8 cm³/mol. The molecule has 0 aliphatic rings. The van der Waals surface area contributed by atoms with Crippen LogP contribution in [0.2, 0.25) is 0 Å². The third-order valence-electron chi connectivity index (χ3n) is 2.16. The summed E-state index contributed by atoms with van der Waals surface area (Å²) in [5, 5.41) is 9.59. The first-order valence-electron chi connectivity index (χ1n) is 4.14. The molecular formula is C11H13BrO. The summed E-state index contributed by atoms with van der Waals surface area (Å²) in [5.41, 5.74) is 3.16. The molecule has 1 atom stereocenters. The number of halogens is 1. The first kappa shape index (κ1) is 10.5. The van der Waals surface area contributed by atoms with Crippen molar-refractivity contribution in [3.8, 4) is 0 Å². The van der Waals surface area contributed by atoms with Crippen LogP contribution in [-0.4, -0.2) is 5.11 Å². The molecule has 0 amide bonds. The maximum absolute atomic E-state index is 9.59. The Balaban J connectivity index is 3.25. The van der Waals surface area contributed by atoms with E-state index in [0.717, 1.165) is 15.6 Å². The molecule has 0 saturated carbocycles. The van der Waals surface area contributed by atoms with E-state index in [-0.39, 0.29) is 0 Å². The molecule has 1 aromatic carbocycles. The molecule has 0 fully saturated rings. The monoisotopic (exact) mass is 240 g/mol. The molecule has 2 heteroatoms. The number of aliphatic hydroxyl groups excluding tert-OH is 1. The van der Waals surface area contributed by atoms with Crippen LogP contribution in [0.4, 0.5) is 0 Å². The second-order valence-corrected chi connectivity index (χ2v) is 3.88. The van der Waals surface area contributed by atoms with Gasteiger partial charge in [-0.3, -0.25) is 0 Å². The molecule has 0 bridgehead atoms. The summed E-state index contributed by atoms with van der Waals surface area (Å²) in [5.74, 6) is 0. The fourth-order valence-corrected chi connectivity index (χ4v) is 1.64. The van der Waals surface area contributed by atoms with Gasteiger partial charge in [0.1, 0.15) is 0 Å². The maximum Gasteiger partial charge on any atom is 0.0972 e. The molecule has 0 spiro atoms. The molecule has 1 aromatic rings. The van der Waals surface area contributed by atoms with Gasteiger partial charge in [-0.15, -0.1) is 6.58 Å². The zero-order chi connectivity index (χ0) is 10.0. The van der Waals surface area contributed by atoms with Crippen molar-refractivity contribution in [1.82, 2.24) is 0 Å². The van der Waals surface area contributed by atoms with Crippen molar-refractivity contribution in [2.24, 2.45) is 0 Å². The van der Waals surface area contributed by atoms with Gasteiger partial charge in [0.2, 0.25) is 0 Å². The summed E-state index contributed by atoms with van der Waals surface area (Å²) in [6.45, 7) is 7.58. The van der Waals surface area contributed by atoms with Crippen molar-refractivity contribution in [2.45, 2.75) is 20.0 Å². The zero-order valence-electron chi connectivity index (χ0n) is 7.84. The quantitative estimate of drug-likeness (QED) is 0.787. The molecule has 0 heterocycles. The van der Waals surface area contributed by atoms with Gasteiger partial charge in [-0.1, -0.05) is 34.1 Å². The Hall–Kier alpha value is -0.600. The fourth-order valence-electron chi connectivity index (χ4n) is 1.28. The van der Waals surface area contributed by atoms with Crippen LogP contribution < -0.4 is 0 Å². The molecule has 0 radical (unpaired) electrons. The molecule has 1 rings (SSSR count). The Morgan fingerprint density at radius 1 is 1.46 bits per heavy atom. The van der Waals surface area contributed by atoms with Crippen LogP contribution in [0.5, 0.6) is 0 Å². The molecule has 0 aliphatic heterocycles. The summed E-state index contributed by atoms with van der Waals surface area (Å²) in [6.07, 6.45) is 0.960. The van der Waals surface area contributed by atoms with Crippen LogP contribution >= 0.6 is 15.9 Å². The molecular weight excluding hydrogens is 228 g/mol. The lowest BCUT2D eigenvalue weighted by Gasteiger charge is -2.12. The van der Waals surface area contributed by atoms with Crippen LogP contribution in [0.25, 0.3) is 0 Å². The highest BCUT2D eigenvalue weighted by Crippen LogP contribution is 2.27. The smallest absolute Gasteiger partial charge is 0.0972 e. The van der Waals surface area contributed by atoms with Crippen molar-refractivity contribution in [1.29, 1.82) is 0 Å². The normalized spacial score (nSPS) is 12.6. The van der Waals surface area contributed by atoms with E-state index < -0.39 is 6.10 Å². The lowest BCUT2D eigenvalue weighted by Crippen LogP contribution is -1.97. The first-order valence-corrected chi connectivity index (χ1v) is 4.93. The van der Waals surface area contributed by atoms with E-state index in [4.69, 9.17) is 0 Å². The van der Waals surface area contributed by atoms with Crippen molar-refractivity contribution in [3.05, 3.63) is 46.0 Å². The summed E-state index contributed by atoms with van der Waals surface area (Å²) < 4.78 is 1.06. The molecule has 0 saturated heterocycles. The molecule has 0 aromatic heterocycles. The Morgan fingerprint density at radius 3 is 2.62 bits per heavy atom. The van der Waals surface area contributed by atoms with Crippen LogP contribution in [-0.2, 0) is 0 Å². The summed E-state index contributed by atoms with van der Waals surface area (Å²) in [6, 6.07) is 3.92. The van der Waals surface area contributed by atoms with E-state index in [1.807, 2.05) is 26.0 Å². The van der Waals surface area contributed by atoms with Crippen LogP contribution in [0.15, 0.2) is 29.3 Å². The van der Waals surface area contributed by atoms with Crippen LogP contribution in [0.3, 0.4) is 0 Å². The summed E-state index contributed by atoms with van der Waals surface area (Å²) >= 11 is 3.48. The molecule has 13 heavy (non-hydrogen) atoms. The SMILES string of the molecule is C=CC(O)c1ccc(C)c(Br)c1C. The van der Waals surface area contributed by atoms with Gasteiger partial charge in [-0.05, 0) is 30.5 Å². The Kier molecular flexibility index (Phi) is 3.28. The van der Waals surface area contributed by atoms with E-state index in [1.165, 1.54) is 11.6 Å². The zero-order valence-corrected chi connectivity index (χ0v) is 9.43. The summed E-state index contributed by atoms with van der Waals surface area (Å²) in [4.78, 5) is 0. The van der Waals surface area contributed by atoms with Crippen LogP contribution in [0.1, 0.15) is 22.8 Å². The number of aliphatic hydroxyl groups is 1. The van der Waals surface area contributed by atoms with Gasteiger partial charge in [0.15, 0.2) is 0 Å². The van der Waals surface area contributed by atoms with E-state index in [1.54, 1.807) is 0 Å². The second-order valence-electron chi connectivity index (χ2n) is 3.09. The van der Waals surface area contributed by atoms with E-state index in [0.29, 0.717) is 0 Å². The molecule has 1 nitrogen and oxygen atoms in total. The van der Waals surface area contributed by atoms with Crippen molar-refractivity contribution < 1.29 is 5.11 Å². The van der Waals surface area contributed by atoms with Gasteiger partial charge in [0, 0.05) is 4.47 Å². The number of hydrogen-bond acceptors (Lipinski definition) is 1. The molecule has 70 valence electrons. The topological polar surface area (TPSA) is 20.2 Å². The highest BCUT2D eigenvalue weighted by Gasteiger charge is 2.09. The third-order valence-corrected chi connectivity index (χ3v) is 3.38. The Bertz CT molecular complexity index is 331. The fraction of sp³-hybridized carbons (Fsp3) is 0.273. The van der Waals surface area contributed by atoms with Crippen molar-refractivity contribution in [3.63, 3.8) is 0 Å². The number of hydrogen-bond donors (Lipinski definition) is 1. The molecule has 1 N–H and O–H groups in total. The highest BCUT2D eigenvalue weighted by atomic mass is 79.9. The van der Waals surface area contributed by atoms with Gasteiger partial charge in [0.25, 0.3) is 0 Å². The van der Waals surface area contributed by atoms with Crippen molar-refractivity contribution in [2.75, 3.05) is 0 Å². The third kappa shape index (κ3) is 2.01. The van der Waals surface area contributed by atoms with E-state index in [9.17, 15) is 5.11 Å². The van der Waals surface area contributed by atoms with Gasteiger partial charge in [0.05, 0.1) is 6.10 Å². The average molecular weight is 241 g/mol. The minimum absolute atomic E-state index is 0.572. The lowest BCUT2D eigenvalue weighted by atomic mass is 10.0. The number of aryl methyl sites for hydroxylation is 1. The molecule has 1 unspecified atom stereocenters. The second kappa shape index (κ2) is 4.07. The van der Waals surface area contributed by atoms with E-state index in [2.05, 4.69) is 22.5 Å². The predicted octanol–water partition coefficient (Wildman–Crippen LogP) is 3.29. The minimum atomic E-state index is -0.572. The lowest BCUT2D eigenvalue weighted by molar-refractivity contribution is 0.228. The Morgan fingerprint density at radius 2 is 2.08 bits per heavy atom. The van der Waals surface area contributed by atoms with Crippen LogP contribution in [0, 0.1) is 13.8 Å². The van der Waals surface area contributed by atoms with Gasteiger partial charge in [-0.2, -0.15) is 0 Å². The first-order chi connectivity index (χ1) is 6.07. The van der Waals surface area contributed by atoms with E-state index >= 15 is 0 Å². The van der Waals surface area contributed by atoms with Crippen molar-refractivity contribution >= 4 is 15.9 Å². The number of benzene rings is 1. The number of rotatable bonds is 2. The van der Waals surface area contributed by atoms with Gasteiger partial charge < -0.3 is 5.11 Å². The maximum atomic E-state index is 9.59. The summed E-state index contributed by atoms with van der Waals surface area (Å²) in [7, 11) is 0. The van der Waals surface area contributed by atoms with Gasteiger partial charge >= 0.3 is 0 Å². The van der Waals surface area contributed by atoms with Gasteiger partial charge in [-0.25, -0.2) is 0 Å². The highest BCUT2D eigenvalue weighted by molar-refractivity contribution is 9.10. The minimum Gasteiger partial charge on any atom is -0.384 e. The largest absolute Gasteiger partial charge is 0.384 e. The average Bonchev–Trinajstić information content (AvgIpc) is 2.13. The Labute approximate surface area is 87.2 Å².